The van der Waals surface area contributed by atoms with Crippen molar-refractivity contribution < 1.29 is 27.2 Å². The molecule has 1 saturated heterocycles. The minimum Gasteiger partial charge on any atom is -0.459 e. The number of hydrogen-bond acceptors (Lipinski definition) is 6. The summed E-state index contributed by atoms with van der Waals surface area (Å²) in [5, 5.41) is 0.618. The van der Waals surface area contributed by atoms with Crippen LogP contribution in [0.4, 0.5) is 0 Å². The Labute approximate surface area is 207 Å². The van der Waals surface area contributed by atoms with Crippen molar-refractivity contribution in [3.8, 4) is 0 Å². The second kappa shape index (κ2) is 10.3. The maximum atomic E-state index is 13.5. The number of halogens is 1. The zero-order valence-electron chi connectivity index (χ0n) is 18.5. The van der Waals surface area contributed by atoms with Gasteiger partial charge in [-0.05, 0) is 36.4 Å². The van der Waals surface area contributed by atoms with Crippen molar-refractivity contribution in [3.63, 3.8) is 0 Å². The van der Waals surface area contributed by atoms with Crippen LogP contribution >= 0.6 is 11.6 Å². The molecule has 0 spiro atoms. The minimum absolute atomic E-state index is 0.0455. The number of amides is 3. The summed E-state index contributed by atoms with van der Waals surface area (Å²) in [5.74, 6) is -1.72. The van der Waals surface area contributed by atoms with Gasteiger partial charge in [0, 0.05) is 26.2 Å². The molecule has 3 amide bonds. The van der Waals surface area contributed by atoms with Crippen molar-refractivity contribution in [1.29, 1.82) is 0 Å². The molecule has 4 rings (SSSR count). The fraction of sp³-hybridized carbons (Fsp3) is 0.208. The van der Waals surface area contributed by atoms with Crippen molar-refractivity contribution in [3.05, 3.63) is 89.3 Å². The molecule has 1 unspecified atom stereocenters. The number of piperazine rings is 1. The Morgan fingerprint density at radius 3 is 2.11 bits per heavy atom. The van der Waals surface area contributed by atoms with Crippen molar-refractivity contribution in [1.82, 2.24) is 15.1 Å². The molecule has 3 aromatic rings. The molecule has 2 heterocycles. The zero-order valence-corrected chi connectivity index (χ0v) is 20.0. The first-order chi connectivity index (χ1) is 16.8. The molecule has 1 aromatic heterocycles. The van der Waals surface area contributed by atoms with Crippen LogP contribution in [0.1, 0.15) is 20.9 Å². The zero-order chi connectivity index (χ0) is 25.0. The highest BCUT2D eigenvalue weighted by molar-refractivity contribution is 7.92. The third kappa shape index (κ3) is 5.23. The van der Waals surface area contributed by atoms with Crippen LogP contribution in [0.25, 0.3) is 0 Å². The first kappa shape index (κ1) is 24.5. The number of sulfone groups is 1. The molecule has 182 valence electrons. The Hall–Kier alpha value is -3.63. The summed E-state index contributed by atoms with van der Waals surface area (Å²) in [7, 11) is -4.29. The Balaban J connectivity index is 1.56. The van der Waals surface area contributed by atoms with E-state index in [2.05, 4.69) is 5.32 Å². The quantitative estimate of drug-likeness (QED) is 0.539. The summed E-state index contributed by atoms with van der Waals surface area (Å²) in [6.07, 6.45) is 1.40. The van der Waals surface area contributed by atoms with Gasteiger partial charge in [-0.25, -0.2) is 8.42 Å². The molecule has 35 heavy (non-hydrogen) atoms. The van der Waals surface area contributed by atoms with Crippen molar-refractivity contribution in [2.24, 2.45) is 0 Å². The predicted octanol–water partition coefficient (Wildman–Crippen LogP) is 2.45. The standard InChI is InChI=1S/C24H22ClN3O6S/c25-19-10-5-4-9-18(19)21(29)26-22(35(32,33)17-7-2-1-3-8-17)24(31)28-14-12-27(13-15-28)23(30)20-11-6-16-34-20/h1-11,16,22H,12-15H2,(H,26,29). The molecule has 1 aliphatic rings. The molecule has 11 heteroatoms. The van der Waals surface area contributed by atoms with Crippen LogP contribution in [-0.4, -0.2) is 67.5 Å². The molecule has 0 radical (unpaired) electrons. The Morgan fingerprint density at radius 1 is 0.857 bits per heavy atom. The summed E-state index contributed by atoms with van der Waals surface area (Å²) < 4.78 is 32.0. The van der Waals surface area contributed by atoms with E-state index in [9.17, 15) is 22.8 Å². The molecule has 2 aromatic carbocycles. The van der Waals surface area contributed by atoms with E-state index in [1.54, 1.807) is 30.3 Å². The van der Waals surface area contributed by atoms with Gasteiger partial charge in [-0.2, -0.15) is 0 Å². The normalized spacial score (nSPS) is 14.9. The number of hydrogen-bond donors (Lipinski definition) is 1. The van der Waals surface area contributed by atoms with Gasteiger partial charge in [-0.3, -0.25) is 14.4 Å². The lowest BCUT2D eigenvalue weighted by Gasteiger charge is -2.36. The van der Waals surface area contributed by atoms with Crippen molar-refractivity contribution >= 4 is 39.2 Å². The molecule has 0 aliphatic carbocycles. The lowest BCUT2D eigenvalue weighted by Crippen LogP contribution is -2.57. The number of carbonyl (C=O) groups is 3. The molecule has 1 aliphatic heterocycles. The Bertz CT molecular complexity index is 1320. The van der Waals surface area contributed by atoms with Gasteiger partial charge in [0.1, 0.15) is 0 Å². The molecule has 0 saturated carbocycles. The SMILES string of the molecule is O=C(NC(C(=O)N1CCN(C(=O)c2ccco2)CC1)S(=O)(=O)c1ccccc1)c1ccccc1Cl. The molecule has 1 fully saturated rings. The van der Waals surface area contributed by atoms with Crippen LogP contribution in [0.15, 0.2) is 82.3 Å². The summed E-state index contributed by atoms with van der Waals surface area (Å²) in [4.78, 5) is 41.6. The van der Waals surface area contributed by atoms with Crippen LogP contribution in [0.5, 0.6) is 0 Å². The maximum absolute atomic E-state index is 13.5. The molecule has 0 bridgehead atoms. The van der Waals surface area contributed by atoms with E-state index < -0.39 is 27.0 Å². The molecular weight excluding hydrogens is 494 g/mol. The van der Waals surface area contributed by atoms with Crippen molar-refractivity contribution in [2.75, 3.05) is 26.2 Å². The first-order valence-corrected chi connectivity index (χ1v) is 12.7. The van der Waals surface area contributed by atoms with Gasteiger partial charge >= 0.3 is 0 Å². The molecule has 1 atom stereocenters. The highest BCUT2D eigenvalue weighted by atomic mass is 35.5. The van der Waals surface area contributed by atoms with Gasteiger partial charge < -0.3 is 19.5 Å². The number of nitrogens with zero attached hydrogens (tertiary/aromatic N) is 2. The number of carbonyl (C=O) groups excluding carboxylic acids is 3. The molecule has 1 N–H and O–H groups in total. The Kier molecular flexibility index (Phi) is 7.23. The van der Waals surface area contributed by atoms with Gasteiger partial charge in [0.2, 0.25) is 15.2 Å². The van der Waals surface area contributed by atoms with E-state index in [-0.39, 0.29) is 53.3 Å². The second-order valence-electron chi connectivity index (χ2n) is 7.79. The third-order valence-corrected chi connectivity index (χ3v) is 7.80. The number of furan rings is 1. The van der Waals surface area contributed by atoms with Gasteiger partial charge in [-0.1, -0.05) is 41.9 Å². The van der Waals surface area contributed by atoms with Gasteiger partial charge in [0.25, 0.3) is 17.7 Å². The fourth-order valence-corrected chi connectivity index (χ4v) is 5.42. The smallest absolute Gasteiger partial charge is 0.289 e. The summed E-state index contributed by atoms with van der Waals surface area (Å²) in [6, 6.07) is 16.7. The van der Waals surface area contributed by atoms with Crippen LogP contribution in [0.3, 0.4) is 0 Å². The Morgan fingerprint density at radius 2 is 1.49 bits per heavy atom. The molecular formula is C24H22ClN3O6S. The maximum Gasteiger partial charge on any atom is 0.289 e. The highest BCUT2D eigenvalue weighted by Gasteiger charge is 2.40. The lowest BCUT2D eigenvalue weighted by molar-refractivity contribution is -0.132. The third-order valence-electron chi connectivity index (χ3n) is 5.60. The first-order valence-electron chi connectivity index (χ1n) is 10.7. The number of rotatable bonds is 6. The van der Waals surface area contributed by atoms with E-state index in [0.29, 0.717) is 0 Å². The van der Waals surface area contributed by atoms with E-state index in [4.69, 9.17) is 16.0 Å². The van der Waals surface area contributed by atoms with Crippen LogP contribution in [0.2, 0.25) is 5.02 Å². The average molecular weight is 516 g/mol. The summed E-state index contributed by atoms with van der Waals surface area (Å²) in [5.41, 5.74) is 0.0455. The van der Waals surface area contributed by atoms with Crippen LogP contribution in [0, 0.1) is 0 Å². The van der Waals surface area contributed by atoms with E-state index in [0.717, 1.165) is 0 Å². The van der Waals surface area contributed by atoms with Crippen molar-refractivity contribution in [2.45, 2.75) is 10.3 Å². The van der Waals surface area contributed by atoms with Gasteiger partial charge in [-0.15, -0.1) is 0 Å². The monoisotopic (exact) mass is 515 g/mol. The lowest BCUT2D eigenvalue weighted by atomic mass is 10.2. The highest BCUT2D eigenvalue weighted by Crippen LogP contribution is 2.20. The van der Waals surface area contributed by atoms with E-state index in [1.165, 1.54) is 52.5 Å². The van der Waals surface area contributed by atoms with E-state index >= 15 is 0 Å². The average Bonchev–Trinajstić information content (AvgIpc) is 3.42. The molecule has 9 nitrogen and oxygen atoms in total. The summed E-state index contributed by atoms with van der Waals surface area (Å²) in [6.45, 7) is 0.547. The van der Waals surface area contributed by atoms with Crippen LogP contribution in [-0.2, 0) is 14.6 Å². The summed E-state index contributed by atoms with van der Waals surface area (Å²) >= 11 is 6.10. The number of nitrogens with one attached hydrogen (secondary N) is 1. The van der Waals surface area contributed by atoms with Gasteiger partial charge in [0.15, 0.2) is 5.76 Å². The van der Waals surface area contributed by atoms with E-state index in [1.807, 2.05) is 0 Å². The predicted molar refractivity (Wildman–Crippen MR) is 128 cm³/mol. The minimum atomic E-state index is -4.29. The topological polar surface area (TPSA) is 117 Å². The fourth-order valence-electron chi connectivity index (χ4n) is 3.71. The van der Waals surface area contributed by atoms with Gasteiger partial charge in [0.05, 0.1) is 21.7 Å². The largest absolute Gasteiger partial charge is 0.459 e. The van der Waals surface area contributed by atoms with Crippen LogP contribution < -0.4 is 5.32 Å². The second-order valence-corrected chi connectivity index (χ2v) is 10.2. The number of benzene rings is 2.